The van der Waals surface area contributed by atoms with Crippen molar-refractivity contribution in [2.24, 2.45) is 0 Å². The molecule has 4 rings (SSSR count). The highest BCUT2D eigenvalue weighted by molar-refractivity contribution is 5.57. The van der Waals surface area contributed by atoms with Crippen LogP contribution < -0.4 is 0 Å². The maximum Gasteiger partial charge on any atom is 0.115 e. The summed E-state index contributed by atoms with van der Waals surface area (Å²) >= 11 is 0. The van der Waals surface area contributed by atoms with Crippen LogP contribution in [0.25, 0.3) is 0 Å². The SMILES string of the molecule is C1c2oc1c1c2C1. The quantitative estimate of drug-likeness (QED) is 0.404. The van der Waals surface area contributed by atoms with E-state index in [1.54, 1.807) is 0 Å². The van der Waals surface area contributed by atoms with Crippen molar-refractivity contribution in [1.82, 2.24) is 0 Å². The van der Waals surface area contributed by atoms with Crippen LogP contribution in [0.5, 0.6) is 0 Å². The molecule has 1 aromatic rings. The van der Waals surface area contributed by atoms with E-state index in [1.165, 1.54) is 29.1 Å². The monoisotopic (exact) mass is 92.0 g/mol. The maximum absolute atomic E-state index is 5.17. The van der Waals surface area contributed by atoms with Crippen LogP contribution >= 0.6 is 0 Å². The molecule has 0 spiro atoms. The van der Waals surface area contributed by atoms with E-state index in [0.29, 0.717) is 0 Å². The van der Waals surface area contributed by atoms with Gasteiger partial charge in [0.2, 0.25) is 0 Å². The van der Waals surface area contributed by atoms with Crippen molar-refractivity contribution in [3.8, 4) is 0 Å². The Morgan fingerprint density at radius 2 is 1.57 bits per heavy atom. The summed E-state index contributed by atoms with van der Waals surface area (Å²) < 4.78 is 5.17. The van der Waals surface area contributed by atoms with Gasteiger partial charge in [-0.05, 0) is 0 Å². The van der Waals surface area contributed by atoms with Crippen molar-refractivity contribution in [3.63, 3.8) is 0 Å². The summed E-state index contributed by atoms with van der Waals surface area (Å²) in [7, 11) is 0. The largest absolute Gasteiger partial charge is 0.465 e. The molecule has 1 aromatic heterocycles. The fraction of sp³-hybridized carbons (Fsp3) is 0.333. The topological polar surface area (TPSA) is 13.1 Å². The predicted molar refractivity (Wildman–Crippen MR) is 24.3 cm³/mol. The van der Waals surface area contributed by atoms with Crippen LogP contribution in [0.15, 0.2) is 4.42 Å². The molecule has 0 fully saturated rings. The Morgan fingerprint density at radius 3 is 1.71 bits per heavy atom. The molecule has 34 valence electrons. The molecule has 3 aliphatic rings. The molecule has 2 aliphatic carbocycles. The van der Waals surface area contributed by atoms with Crippen LogP contribution in [-0.4, -0.2) is 0 Å². The van der Waals surface area contributed by atoms with Crippen molar-refractivity contribution < 1.29 is 4.42 Å². The van der Waals surface area contributed by atoms with Gasteiger partial charge in [-0.3, -0.25) is 0 Å². The van der Waals surface area contributed by atoms with Crippen LogP contribution in [0, 0.1) is 0 Å². The summed E-state index contributed by atoms with van der Waals surface area (Å²) in [6.07, 6.45) is 2.41. The lowest BCUT2D eigenvalue weighted by molar-refractivity contribution is 0.393. The highest BCUT2D eigenvalue weighted by atomic mass is 16.4. The third-order valence-corrected chi connectivity index (χ3v) is 1.83. The van der Waals surface area contributed by atoms with Gasteiger partial charge in [-0.25, -0.2) is 0 Å². The third kappa shape index (κ3) is 0.125. The van der Waals surface area contributed by atoms with Crippen molar-refractivity contribution in [2.45, 2.75) is 12.8 Å². The molecular weight excluding hydrogens is 88.1 g/mol. The van der Waals surface area contributed by atoms with E-state index in [4.69, 9.17) is 4.42 Å². The standard InChI is InChI=1S/C6H4O/c1-3-4(1)6-2-5(3)7-6/h1-2H2. The summed E-state index contributed by atoms with van der Waals surface area (Å²) in [5.74, 6) is 2.54. The van der Waals surface area contributed by atoms with Gasteiger partial charge < -0.3 is 4.42 Å². The lowest BCUT2D eigenvalue weighted by Crippen LogP contribution is -1.93. The van der Waals surface area contributed by atoms with Gasteiger partial charge in [-0.2, -0.15) is 0 Å². The smallest absolute Gasteiger partial charge is 0.115 e. The first-order valence-electron chi connectivity index (χ1n) is 2.57. The zero-order valence-electron chi connectivity index (χ0n) is 3.82. The molecule has 7 heavy (non-hydrogen) atoms. The Bertz CT molecular complexity index is 215. The van der Waals surface area contributed by atoms with E-state index in [1.807, 2.05) is 0 Å². The Labute approximate surface area is 40.9 Å². The Balaban J connectivity index is 2.73. The summed E-state index contributed by atoms with van der Waals surface area (Å²) in [4.78, 5) is 0. The van der Waals surface area contributed by atoms with E-state index in [9.17, 15) is 0 Å². The Kier molecular flexibility index (Phi) is 0.173. The van der Waals surface area contributed by atoms with Gasteiger partial charge in [0.25, 0.3) is 0 Å². The fourth-order valence-corrected chi connectivity index (χ4v) is 1.29. The third-order valence-electron chi connectivity index (χ3n) is 1.83. The molecule has 1 aliphatic heterocycles. The van der Waals surface area contributed by atoms with Crippen LogP contribution in [0.3, 0.4) is 0 Å². The Hall–Kier alpha value is -0.720. The molecular formula is C6H4O. The van der Waals surface area contributed by atoms with Crippen molar-refractivity contribution in [2.75, 3.05) is 0 Å². The van der Waals surface area contributed by atoms with Crippen molar-refractivity contribution >= 4 is 0 Å². The highest BCUT2D eigenvalue weighted by Gasteiger charge is 2.38. The molecule has 0 atom stereocenters. The van der Waals surface area contributed by atoms with Crippen LogP contribution in [0.4, 0.5) is 0 Å². The summed E-state index contributed by atoms with van der Waals surface area (Å²) in [5.41, 5.74) is 3.05. The molecule has 0 unspecified atom stereocenters. The molecule has 2 heterocycles. The first-order chi connectivity index (χ1) is 3.45. The normalized spacial score (nSPS) is 18.3. The van der Waals surface area contributed by atoms with Crippen LogP contribution in [-0.2, 0) is 12.8 Å². The molecule has 0 N–H and O–H groups in total. The molecule has 1 nitrogen and oxygen atoms in total. The lowest BCUT2D eigenvalue weighted by Gasteiger charge is -2.04. The van der Waals surface area contributed by atoms with Crippen molar-refractivity contribution in [1.29, 1.82) is 0 Å². The minimum absolute atomic E-state index is 1.16. The van der Waals surface area contributed by atoms with E-state index in [2.05, 4.69) is 0 Å². The van der Waals surface area contributed by atoms with E-state index in [-0.39, 0.29) is 0 Å². The second-order valence-corrected chi connectivity index (χ2v) is 2.26. The molecule has 2 bridgehead atoms. The molecule has 0 amide bonds. The summed E-state index contributed by atoms with van der Waals surface area (Å²) in [5, 5.41) is 0. The maximum atomic E-state index is 5.17. The number of hydrogen-bond acceptors (Lipinski definition) is 1. The number of hydrogen-bond donors (Lipinski definition) is 0. The molecule has 0 saturated carbocycles. The highest BCUT2D eigenvalue weighted by Crippen LogP contribution is 2.46. The second kappa shape index (κ2) is 0.474. The zero-order valence-corrected chi connectivity index (χ0v) is 3.82. The van der Waals surface area contributed by atoms with Gasteiger partial charge in [-0.1, -0.05) is 0 Å². The van der Waals surface area contributed by atoms with Gasteiger partial charge in [0.15, 0.2) is 0 Å². The van der Waals surface area contributed by atoms with Gasteiger partial charge in [0.05, 0.1) is 6.42 Å². The summed E-state index contributed by atoms with van der Waals surface area (Å²) in [6.45, 7) is 0. The predicted octanol–water partition coefficient (Wildman–Crippen LogP) is 1.09. The molecule has 0 radical (unpaired) electrons. The Morgan fingerprint density at radius 1 is 1.00 bits per heavy atom. The molecule has 0 aromatic carbocycles. The molecule has 1 heteroatoms. The van der Waals surface area contributed by atoms with Gasteiger partial charge >= 0.3 is 0 Å². The first kappa shape index (κ1) is 2.55. The van der Waals surface area contributed by atoms with E-state index < -0.39 is 0 Å². The number of rotatable bonds is 0. The van der Waals surface area contributed by atoms with E-state index >= 15 is 0 Å². The number of furan rings is 1. The second-order valence-electron chi connectivity index (χ2n) is 2.26. The van der Waals surface area contributed by atoms with Gasteiger partial charge in [0, 0.05) is 17.5 Å². The van der Waals surface area contributed by atoms with Gasteiger partial charge in [0.1, 0.15) is 11.5 Å². The average Bonchev–Trinajstić information content (AvgIpc) is 2.10. The van der Waals surface area contributed by atoms with Crippen LogP contribution in [0.2, 0.25) is 0 Å². The molecule has 0 saturated heterocycles. The minimum atomic E-state index is 1.16. The summed E-state index contributed by atoms with van der Waals surface area (Å²) in [6, 6.07) is 0. The van der Waals surface area contributed by atoms with Crippen molar-refractivity contribution in [3.05, 3.63) is 22.6 Å². The lowest BCUT2D eigenvalue weighted by atomic mass is 10.2. The van der Waals surface area contributed by atoms with E-state index in [0.717, 1.165) is 6.42 Å². The van der Waals surface area contributed by atoms with Gasteiger partial charge in [-0.15, -0.1) is 0 Å². The minimum Gasteiger partial charge on any atom is -0.465 e. The first-order valence-corrected chi connectivity index (χ1v) is 2.57. The average molecular weight is 92.1 g/mol. The fourth-order valence-electron chi connectivity index (χ4n) is 1.29. The van der Waals surface area contributed by atoms with Crippen LogP contribution in [0.1, 0.15) is 22.6 Å². The zero-order chi connectivity index (χ0) is 4.43.